The number of hydrogen-bond donors (Lipinski definition) is 0. The van der Waals surface area contributed by atoms with Crippen LogP contribution < -0.4 is 9.64 Å². The molecule has 1 aliphatic rings. The fourth-order valence-corrected chi connectivity index (χ4v) is 4.20. The molecule has 0 saturated carbocycles. The van der Waals surface area contributed by atoms with E-state index in [9.17, 15) is 27.2 Å². The minimum atomic E-state index is -1.36. The highest BCUT2D eigenvalue weighted by molar-refractivity contribution is 7.18. The zero-order chi connectivity index (χ0) is 22.3. The highest BCUT2D eigenvalue weighted by atomic mass is 32.1. The van der Waals surface area contributed by atoms with Gasteiger partial charge in [0.1, 0.15) is 10.5 Å². The van der Waals surface area contributed by atoms with Crippen LogP contribution in [0.25, 0.3) is 10.2 Å². The fraction of sp³-hybridized carbons (Fsp3) is 0.250. The number of nitrogens with zero attached hydrogens (tertiary/aromatic N) is 2. The number of carbonyl (C=O) groups is 2. The van der Waals surface area contributed by atoms with Gasteiger partial charge in [-0.3, -0.25) is 14.5 Å². The van der Waals surface area contributed by atoms with Gasteiger partial charge < -0.3 is 9.47 Å². The largest absolute Gasteiger partial charge is 0.475 e. The summed E-state index contributed by atoms with van der Waals surface area (Å²) in [7, 11) is 0. The third-order valence-electron chi connectivity index (χ3n) is 4.55. The van der Waals surface area contributed by atoms with Crippen molar-refractivity contribution >= 4 is 39.1 Å². The van der Waals surface area contributed by atoms with Crippen molar-refractivity contribution in [2.45, 2.75) is 26.0 Å². The number of para-hydroxylation sites is 1. The number of rotatable bonds is 5. The SMILES string of the molecule is CCOC(=O)CC1Oc2c(F)cccc2N(Cc2nc3c(F)cc(F)c(F)c3s2)C1=O. The van der Waals surface area contributed by atoms with Crippen LogP contribution in [0.4, 0.5) is 23.2 Å². The van der Waals surface area contributed by atoms with Crippen molar-refractivity contribution in [3.8, 4) is 5.75 Å². The number of halogens is 4. The Hall–Kier alpha value is -3.21. The number of benzene rings is 2. The third kappa shape index (κ3) is 3.80. The normalized spacial score (nSPS) is 15.7. The first kappa shape index (κ1) is 21.0. The molecule has 0 N–H and O–H groups in total. The molecule has 0 spiro atoms. The molecular weight excluding hydrogens is 440 g/mol. The van der Waals surface area contributed by atoms with Gasteiger partial charge in [0.25, 0.3) is 5.91 Å². The number of esters is 1. The molecule has 31 heavy (non-hydrogen) atoms. The van der Waals surface area contributed by atoms with Gasteiger partial charge in [0.15, 0.2) is 35.1 Å². The van der Waals surface area contributed by atoms with Crippen molar-refractivity contribution in [1.29, 1.82) is 0 Å². The summed E-state index contributed by atoms with van der Waals surface area (Å²) < 4.78 is 65.8. The summed E-state index contributed by atoms with van der Waals surface area (Å²) in [5.74, 6) is -6.05. The molecule has 6 nitrogen and oxygen atoms in total. The first-order chi connectivity index (χ1) is 14.8. The van der Waals surface area contributed by atoms with E-state index in [1.54, 1.807) is 6.92 Å². The van der Waals surface area contributed by atoms with Crippen LogP contribution in [0.3, 0.4) is 0 Å². The maximum absolute atomic E-state index is 14.4. The Kier molecular flexibility index (Phi) is 5.52. The molecule has 0 fully saturated rings. The number of carbonyl (C=O) groups excluding carboxylic acids is 2. The molecular formula is C20H14F4N2O4S. The number of amides is 1. The van der Waals surface area contributed by atoms with E-state index < -0.39 is 47.7 Å². The Morgan fingerprint density at radius 1 is 1.23 bits per heavy atom. The van der Waals surface area contributed by atoms with Crippen molar-refractivity contribution in [3.63, 3.8) is 0 Å². The van der Waals surface area contributed by atoms with Crippen LogP contribution in [-0.2, 0) is 20.9 Å². The monoisotopic (exact) mass is 454 g/mol. The number of hydrogen-bond acceptors (Lipinski definition) is 6. The second-order valence-electron chi connectivity index (χ2n) is 6.57. The van der Waals surface area contributed by atoms with E-state index >= 15 is 0 Å². The van der Waals surface area contributed by atoms with E-state index in [1.807, 2.05) is 0 Å². The van der Waals surface area contributed by atoms with E-state index in [2.05, 4.69) is 4.98 Å². The van der Waals surface area contributed by atoms with Gasteiger partial charge in [0.05, 0.1) is 30.0 Å². The molecule has 1 atom stereocenters. The summed E-state index contributed by atoms with van der Waals surface area (Å²) >= 11 is 0.664. The first-order valence-corrected chi connectivity index (χ1v) is 9.96. The number of thiazole rings is 1. The molecule has 2 aromatic carbocycles. The van der Waals surface area contributed by atoms with Crippen molar-refractivity contribution in [2.24, 2.45) is 0 Å². The Balaban J connectivity index is 1.72. The third-order valence-corrected chi connectivity index (χ3v) is 5.58. The lowest BCUT2D eigenvalue weighted by atomic mass is 10.1. The maximum Gasteiger partial charge on any atom is 0.310 e. The van der Waals surface area contributed by atoms with Crippen LogP contribution in [0.1, 0.15) is 18.4 Å². The molecule has 1 unspecified atom stereocenters. The molecule has 0 radical (unpaired) electrons. The molecule has 0 bridgehead atoms. The minimum absolute atomic E-state index is 0.0662. The zero-order valence-electron chi connectivity index (χ0n) is 16.0. The van der Waals surface area contributed by atoms with Crippen molar-refractivity contribution in [2.75, 3.05) is 11.5 Å². The second-order valence-corrected chi connectivity index (χ2v) is 7.65. The molecule has 0 aliphatic carbocycles. The standard InChI is InChI=1S/C20H14F4N2O4S/c1-2-29-15(27)7-13-20(28)26(12-5-3-4-9(21)18(12)30-13)8-14-25-17-11(23)6-10(22)16(24)19(17)31-14/h3-6,13H,2,7-8H2,1H3. The highest BCUT2D eigenvalue weighted by Crippen LogP contribution is 2.39. The van der Waals surface area contributed by atoms with Gasteiger partial charge in [-0.25, -0.2) is 22.5 Å². The predicted molar refractivity (Wildman–Crippen MR) is 103 cm³/mol. The predicted octanol–water partition coefficient (Wildman–Crippen LogP) is 4.10. The smallest absolute Gasteiger partial charge is 0.310 e. The van der Waals surface area contributed by atoms with Gasteiger partial charge in [0, 0.05) is 6.07 Å². The number of fused-ring (bicyclic) bond motifs is 2. The Morgan fingerprint density at radius 2 is 2.00 bits per heavy atom. The number of ether oxygens (including phenoxy) is 2. The highest BCUT2D eigenvalue weighted by Gasteiger charge is 2.38. The Morgan fingerprint density at radius 3 is 2.74 bits per heavy atom. The summed E-state index contributed by atoms with van der Waals surface area (Å²) in [6.07, 6.45) is -1.81. The van der Waals surface area contributed by atoms with Gasteiger partial charge in [-0.05, 0) is 19.1 Å². The van der Waals surface area contributed by atoms with Gasteiger partial charge in [-0.15, -0.1) is 11.3 Å². The molecule has 2 heterocycles. The van der Waals surface area contributed by atoms with Crippen molar-refractivity contribution in [1.82, 2.24) is 4.98 Å². The molecule has 1 amide bonds. The topological polar surface area (TPSA) is 68.7 Å². The Labute approximate surface area is 177 Å². The quantitative estimate of drug-likeness (QED) is 0.330. The average Bonchev–Trinajstić information content (AvgIpc) is 3.15. The van der Waals surface area contributed by atoms with Crippen LogP contribution in [0.15, 0.2) is 24.3 Å². The lowest BCUT2D eigenvalue weighted by Crippen LogP contribution is -2.46. The lowest BCUT2D eigenvalue weighted by Gasteiger charge is -2.33. The van der Waals surface area contributed by atoms with Crippen LogP contribution in [0.5, 0.6) is 5.75 Å². The minimum Gasteiger partial charge on any atom is -0.475 e. The maximum atomic E-state index is 14.4. The molecule has 1 aromatic heterocycles. The Bertz CT molecular complexity index is 1200. The molecule has 4 rings (SSSR count). The van der Waals surface area contributed by atoms with Crippen LogP contribution in [0, 0.1) is 23.3 Å². The summed E-state index contributed by atoms with van der Waals surface area (Å²) in [6, 6.07) is 4.29. The van der Waals surface area contributed by atoms with Gasteiger partial charge in [-0.2, -0.15) is 0 Å². The zero-order valence-corrected chi connectivity index (χ0v) is 16.8. The summed E-state index contributed by atoms with van der Waals surface area (Å²) in [4.78, 5) is 29.9. The molecule has 162 valence electrons. The second kappa shape index (κ2) is 8.14. The van der Waals surface area contributed by atoms with Crippen molar-refractivity contribution < 1.29 is 36.6 Å². The van der Waals surface area contributed by atoms with Gasteiger partial charge in [0.2, 0.25) is 0 Å². The van der Waals surface area contributed by atoms with Crippen molar-refractivity contribution in [3.05, 3.63) is 52.5 Å². The van der Waals surface area contributed by atoms with E-state index in [0.717, 1.165) is 11.0 Å². The van der Waals surface area contributed by atoms with E-state index in [-0.39, 0.29) is 39.8 Å². The summed E-state index contributed by atoms with van der Waals surface area (Å²) in [5, 5.41) is 0.0822. The van der Waals surface area contributed by atoms with Gasteiger partial charge >= 0.3 is 5.97 Å². The average molecular weight is 454 g/mol. The number of anilines is 1. The first-order valence-electron chi connectivity index (χ1n) is 9.15. The van der Waals surface area contributed by atoms with E-state index in [0.29, 0.717) is 17.4 Å². The summed E-state index contributed by atoms with van der Waals surface area (Å²) in [6.45, 7) is 1.39. The molecule has 0 saturated heterocycles. The molecule has 1 aliphatic heterocycles. The van der Waals surface area contributed by atoms with E-state index in [1.165, 1.54) is 12.1 Å². The molecule has 11 heteroatoms. The van der Waals surface area contributed by atoms with E-state index in [4.69, 9.17) is 9.47 Å². The van der Waals surface area contributed by atoms with Crippen LogP contribution in [-0.4, -0.2) is 29.6 Å². The summed E-state index contributed by atoms with van der Waals surface area (Å²) in [5.41, 5.74) is -0.307. The van der Waals surface area contributed by atoms with Crippen LogP contribution >= 0.6 is 11.3 Å². The van der Waals surface area contributed by atoms with Gasteiger partial charge in [-0.1, -0.05) is 6.07 Å². The fourth-order valence-electron chi connectivity index (χ4n) is 3.20. The number of aromatic nitrogens is 1. The van der Waals surface area contributed by atoms with Crippen LogP contribution in [0.2, 0.25) is 0 Å². The molecule has 3 aromatic rings. The lowest BCUT2D eigenvalue weighted by molar-refractivity contribution is -0.147.